The molecule has 9 heteroatoms. The third-order valence-electron chi connectivity index (χ3n) is 2.99. The molecule has 0 saturated carbocycles. The van der Waals surface area contributed by atoms with Crippen LogP contribution >= 0.6 is 0 Å². The zero-order chi connectivity index (χ0) is 18.4. The standard InChI is InChI=1S/C9H10O3S.C7H8O3S.Na.H/c1-2-5-8-6-3-4-7-9(8)13(10,11)12;1-6-4-2-3-5-7(6)11(8,9)10;;/h2-4,6-7H,1,5H2,(H,10,11,12);2-5H,1H3,(H,8,9,10);;. The Morgan fingerprint density at radius 2 is 1.32 bits per heavy atom. The molecule has 0 aliphatic carbocycles. The first-order valence-electron chi connectivity index (χ1n) is 6.76. The molecule has 0 amide bonds. The van der Waals surface area contributed by atoms with Gasteiger partial charge in [0.15, 0.2) is 0 Å². The molecule has 0 aliphatic heterocycles. The monoisotopic (exact) mass is 394 g/mol. The molecule has 0 aromatic heterocycles. The van der Waals surface area contributed by atoms with Gasteiger partial charge in [-0.25, -0.2) is 0 Å². The Balaban J connectivity index is 0.000000449. The van der Waals surface area contributed by atoms with Crippen LogP contribution in [0.15, 0.2) is 71.0 Å². The normalized spacial score (nSPS) is 10.8. The van der Waals surface area contributed by atoms with Crippen LogP contribution in [0, 0.1) is 6.92 Å². The van der Waals surface area contributed by atoms with Crippen molar-refractivity contribution < 1.29 is 25.9 Å². The van der Waals surface area contributed by atoms with Gasteiger partial charge in [0.25, 0.3) is 20.2 Å². The summed E-state index contributed by atoms with van der Waals surface area (Å²) < 4.78 is 60.4. The van der Waals surface area contributed by atoms with E-state index in [-0.39, 0.29) is 39.3 Å². The molecule has 2 N–H and O–H groups in total. The van der Waals surface area contributed by atoms with Crippen LogP contribution in [0.1, 0.15) is 11.1 Å². The third kappa shape index (κ3) is 7.83. The van der Waals surface area contributed by atoms with E-state index in [4.69, 9.17) is 9.11 Å². The van der Waals surface area contributed by atoms with E-state index in [1.807, 2.05) is 0 Å². The molecule has 0 aliphatic rings. The molecule has 0 bridgehead atoms. The fraction of sp³-hybridized carbons (Fsp3) is 0.125. The number of rotatable bonds is 4. The third-order valence-corrected chi connectivity index (χ3v) is 4.95. The molecule has 2 aromatic rings. The van der Waals surface area contributed by atoms with Crippen molar-refractivity contribution in [2.45, 2.75) is 23.1 Å². The molecular weight excluding hydrogens is 375 g/mol. The van der Waals surface area contributed by atoms with Crippen molar-refractivity contribution in [1.29, 1.82) is 0 Å². The first kappa shape index (κ1) is 24.0. The number of allylic oxidation sites excluding steroid dienone is 1. The minimum absolute atomic E-state index is 0. The number of benzene rings is 2. The van der Waals surface area contributed by atoms with E-state index in [0.717, 1.165) is 0 Å². The summed E-state index contributed by atoms with van der Waals surface area (Å²) >= 11 is 0. The Hall–Kier alpha value is -1.000. The van der Waals surface area contributed by atoms with Crippen LogP contribution in [0.4, 0.5) is 0 Å². The Morgan fingerprint density at radius 1 is 0.880 bits per heavy atom. The van der Waals surface area contributed by atoms with Gasteiger partial charge in [-0.2, -0.15) is 16.8 Å². The second-order valence-electron chi connectivity index (χ2n) is 4.82. The molecule has 6 nitrogen and oxygen atoms in total. The summed E-state index contributed by atoms with van der Waals surface area (Å²) in [5.74, 6) is 0. The molecule has 132 valence electrons. The van der Waals surface area contributed by atoms with Gasteiger partial charge >= 0.3 is 29.6 Å². The molecule has 25 heavy (non-hydrogen) atoms. The second-order valence-corrected chi connectivity index (χ2v) is 7.60. The van der Waals surface area contributed by atoms with Crippen molar-refractivity contribution in [2.24, 2.45) is 0 Å². The van der Waals surface area contributed by atoms with E-state index < -0.39 is 20.2 Å². The molecule has 2 aromatic carbocycles. The first-order valence-corrected chi connectivity index (χ1v) is 9.64. The topological polar surface area (TPSA) is 109 Å². The van der Waals surface area contributed by atoms with Crippen molar-refractivity contribution in [2.75, 3.05) is 0 Å². The zero-order valence-corrected chi connectivity index (χ0v) is 14.6. The van der Waals surface area contributed by atoms with E-state index in [1.54, 1.807) is 49.4 Å². The van der Waals surface area contributed by atoms with Crippen molar-refractivity contribution in [1.82, 2.24) is 0 Å². The van der Waals surface area contributed by atoms with Gasteiger partial charge < -0.3 is 0 Å². The molecule has 2 rings (SSSR count). The van der Waals surface area contributed by atoms with Crippen LogP contribution in [0.5, 0.6) is 0 Å². The number of hydrogen-bond donors (Lipinski definition) is 2. The van der Waals surface area contributed by atoms with Gasteiger partial charge in [0.2, 0.25) is 0 Å². The fourth-order valence-corrected chi connectivity index (χ4v) is 3.38. The summed E-state index contributed by atoms with van der Waals surface area (Å²) in [6.45, 7) is 5.13. The van der Waals surface area contributed by atoms with E-state index in [9.17, 15) is 16.8 Å². The summed E-state index contributed by atoms with van der Waals surface area (Å²) in [6.07, 6.45) is 2.01. The quantitative estimate of drug-likeness (QED) is 0.468. The van der Waals surface area contributed by atoms with Gasteiger partial charge in [-0.05, 0) is 36.6 Å². The summed E-state index contributed by atoms with van der Waals surface area (Å²) in [5, 5.41) is 0. The van der Waals surface area contributed by atoms with Crippen LogP contribution in [0.25, 0.3) is 0 Å². The van der Waals surface area contributed by atoms with Crippen LogP contribution in [-0.4, -0.2) is 55.5 Å². The van der Waals surface area contributed by atoms with Crippen LogP contribution in [0.2, 0.25) is 0 Å². The van der Waals surface area contributed by atoms with Gasteiger partial charge in [-0.15, -0.1) is 6.58 Å². The summed E-state index contributed by atoms with van der Waals surface area (Å²) in [7, 11) is -8.14. The SMILES string of the molecule is C=CCc1ccccc1S(=O)(=O)O.Cc1ccccc1S(=O)(=O)O.[NaH]. The summed E-state index contributed by atoms with van der Waals surface area (Å²) in [6, 6.07) is 12.6. The van der Waals surface area contributed by atoms with Gasteiger partial charge in [0.05, 0.1) is 9.79 Å². The van der Waals surface area contributed by atoms with E-state index in [0.29, 0.717) is 17.5 Å². The van der Waals surface area contributed by atoms with E-state index in [2.05, 4.69) is 6.58 Å². The van der Waals surface area contributed by atoms with Crippen LogP contribution in [0.3, 0.4) is 0 Å². The molecule has 0 fully saturated rings. The second kappa shape index (κ2) is 10.2. The Bertz CT molecular complexity index is 921. The number of hydrogen-bond acceptors (Lipinski definition) is 4. The van der Waals surface area contributed by atoms with Gasteiger partial charge in [-0.3, -0.25) is 9.11 Å². The van der Waals surface area contributed by atoms with E-state index >= 15 is 0 Å². The predicted molar refractivity (Wildman–Crippen MR) is 98.3 cm³/mol. The van der Waals surface area contributed by atoms with Gasteiger partial charge in [-0.1, -0.05) is 42.5 Å². The number of aryl methyl sites for hydroxylation is 1. The van der Waals surface area contributed by atoms with Gasteiger partial charge in [0.1, 0.15) is 0 Å². The van der Waals surface area contributed by atoms with Crippen LogP contribution < -0.4 is 0 Å². The maximum atomic E-state index is 10.8. The summed E-state index contributed by atoms with van der Waals surface area (Å²) in [5.41, 5.74) is 1.11. The molecule has 0 heterocycles. The Morgan fingerprint density at radius 3 is 1.72 bits per heavy atom. The summed E-state index contributed by atoms with van der Waals surface area (Å²) in [4.78, 5) is -0.0742. The average Bonchev–Trinajstić information content (AvgIpc) is 2.47. The Labute approximate surface area is 170 Å². The molecule has 0 saturated heterocycles. The molecular formula is C16H19NaO6S2. The maximum absolute atomic E-state index is 10.8. The molecule has 0 radical (unpaired) electrons. The predicted octanol–water partition coefficient (Wildman–Crippen LogP) is 2.26. The van der Waals surface area contributed by atoms with Crippen molar-refractivity contribution >= 4 is 49.8 Å². The molecule has 0 atom stereocenters. The van der Waals surface area contributed by atoms with Crippen LogP contribution in [-0.2, 0) is 26.7 Å². The van der Waals surface area contributed by atoms with Crippen molar-refractivity contribution in [3.63, 3.8) is 0 Å². The van der Waals surface area contributed by atoms with Crippen molar-refractivity contribution in [3.05, 3.63) is 72.3 Å². The van der Waals surface area contributed by atoms with Gasteiger partial charge in [0, 0.05) is 0 Å². The minimum atomic E-state index is -4.10. The van der Waals surface area contributed by atoms with E-state index in [1.165, 1.54) is 12.1 Å². The fourth-order valence-electron chi connectivity index (χ4n) is 1.93. The molecule has 0 spiro atoms. The average molecular weight is 394 g/mol. The first-order chi connectivity index (χ1) is 11.1. The zero-order valence-electron chi connectivity index (χ0n) is 13.0. The van der Waals surface area contributed by atoms with Crippen molar-refractivity contribution in [3.8, 4) is 0 Å². The Kier molecular flexibility index (Phi) is 9.81. The molecule has 0 unspecified atom stereocenters.